The summed E-state index contributed by atoms with van der Waals surface area (Å²) in [5.74, 6) is -0.148. The van der Waals surface area contributed by atoms with Crippen LogP contribution in [0.5, 0.6) is 5.75 Å². The number of carbonyl (C=O) groups is 1. The number of ether oxygens (including phenoxy) is 2. The van der Waals surface area contributed by atoms with Crippen molar-refractivity contribution in [2.24, 2.45) is 0 Å². The first-order valence-corrected chi connectivity index (χ1v) is 8.08. The van der Waals surface area contributed by atoms with E-state index in [1.165, 1.54) is 0 Å². The lowest BCUT2D eigenvalue weighted by Crippen LogP contribution is -2.07. The average molecular weight is 324 g/mol. The second kappa shape index (κ2) is 7.21. The minimum Gasteiger partial charge on any atom is -0.489 e. The van der Waals surface area contributed by atoms with Gasteiger partial charge in [0.25, 0.3) is 0 Å². The Balaban J connectivity index is 1.80. The number of rotatable bonds is 6. The maximum Gasteiger partial charge on any atom is 0.371 e. The molecule has 4 nitrogen and oxygen atoms in total. The second-order valence-electron chi connectivity index (χ2n) is 5.64. The fourth-order valence-electron chi connectivity index (χ4n) is 2.95. The van der Waals surface area contributed by atoms with E-state index in [1.54, 1.807) is 6.92 Å². The molecule has 0 heterocycles. The summed E-state index contributed by atoms with van der Waals surface area (Å²) in [4.78, 5) is 11.4. The third-order valence-corrected chi connectivity index (χ3v) is 4.05. The Hall–Kier alpha value is -2.75. The molecule has 24 heavy (non-hydrogen) atoms. The van der Waals surface area contributed by atoms with E-state index in [0.717, 1.165) is 34.4 Å². The van der Waals surface area contributed by atoms with Gasteiger partial charge in [-0.25, -0.2) is 4.79 Å². The lowest BCUT2D eigenvalue weighted by Gasteiger charge is -2.10. The summed E-state index contributed by atoms with van der Waals surface area (Å²) < 4.78 is 11.2. The number of hydrogen-bond acceptors (Lipinski definition) is 3. The molecule has 0 saturated heterocycles. The molecule has 1 aliphatic rings. The zero-order valence-corrected chi connectivity index (χ0v) is 13.6. The standard InChI is InChI=1S/C20H20O4/c1-2-23-19(20(21)22)18-10-8-15-12-16(9-11-17(15)18)24-13-14-6-4-3-5-7-14/h3-7,9,11-12H,2,8,10,13H2,1H3,(H,21,22)/b19-18-. The Morgan fingerprint density at radius 1 is 1.12 bits per heavy atom. The van der Waals surface area contributed by atoms with Crippen LogP contribution in [0.3, 0.4) is 0 Å². The maximum absolute atomic E-state index is 11.4. The van der Waals surface area contributed by atoms with E-state index in [-0.39, 0.29) is 5.76 Å². The van der Waals surface area contributed by atoms with Crippen LogP contribution in [0.25, 0.3) is 5.57 Å². The van der Waals surface area contributed by atoms with Gasteiger partial charge in [0.2, 0.25) is 5.76 Å². The van der Waals surface area contributed by atoms with Crippen LogP contribution >= 0.6 is 0 Å². The molecule has 0 bridgehead atoms. The highest BCUT2D eigenvalue weighted by Crippen LogP contribution is 2.37. The van der Waals surface area contributed by atoms with Gasteiger partial charge in [-0.1, -0.05) is 36.4 Å². The molecule has 124 valence electrons. The van der Waals surface area contributed by atoms with Gasteiger partial charge in [0.1, 0.15) is 12.4 Å². The van der Waals surface area contributed by atoms with Gasteiger partial charge in [0.05, 0.1) is 6.61 Å². The Labute approximate surface area is 141 Å². The summed E-state index contributed by atoms with van der Waals surface area (Å²) in [6, 6.07) is 15.8. The molecule has 0 spiro atoms. The zero-order valence-electron chi connectivity index (χ0n) is 13.6. The molecule has 0 aliphatic heterocycles. The SMILES string of the molecule is CCO/C(C(=O)O)=C1/CCc2cc(OCc3ccccc3)ccc21. The predicted molar refractivity (Wildman–Crippen MR) is 91.7 cm³/mol. The van der Waals surface area contributed by atoms with Crippen LogP contribution in [0.4, 0.5) is 0 Å². The summed E-state index contributed by atoms with van der Waals surface area (Å²) in [7, 11) is 0. The molecule has 2 aromatic carbocycles. The molecular formula is C20H20O4. The van der Waals surface area contributed by atoms with Crippen LogP contribution in [0.15, 0.2) is 54.3 Å². The lowest BCUT2D eigenvalue weighted by atomic mass is 10.1. The van der Waals surface area contributed by atoms with Gasteiger partial charge >= 0.3 is 5.97 Å². The van der Waals surface area contributed by atoms with Crippen molar-refractivity contribution < 1.29 is 19.4 Å². The molecule has 0 aromatic heterocycles. The van der Waals surface area contributed by atoms with Crippen LogP contribution in [-0.4, -0.2) is 17.7 Å². The molecule has 3 rings (SSSR count). The minimum atomic E-state index is -1.01. The van der Waals surface area contributed by atoms with Crippen LogP contribution in [0, 0.1) is 0 Å². The molecule has 0 unspecified atom stereocenters. The summed E-state index contributed by atoms with van der Waals surface area (Å²) in [5, 5.41) is 9.35. The van der Waals surface area contributed by atoms with E-state index >= 15 is 0 Å². The highest BCUT2D eigenvalue weighted by molar-refractivity contribution is 5.95. The Bertz CT molecular complexity index is 762. The first-order chi connectivity index (χ1) is 11.7. The van der Waals surface area contributed by atoms with E-state index in [0.29, 0.717) is 19.6 Å². The second-order valence-corrected chi connectivity index (χ2v) is 5.64. The van der Waals surface area contributed by atoms with Crippen molar-refractivity contribution in [2.45, 2.75) is 26.4 Å². The normalized spacial score (nSPS) is 14.9. The van der Waals surface area contributed by atoms with Crippen LogP contribution in [0.1, 0.15) is 30.0 Å². The Morgan fingerprint density at radius 2 is 1.92 bits per heavy atom. The molecule has 2 aromatic rings. The van der Waals surface area contributed by atoms with Crippen molar-refractivity contribution in [3.05, 3.63) is 71.0 Å². The van der Waals surface area contributed by atoms with E-state index in [2.05, 4.69) is 0 Å². The molecule has 0 radical (unpaired) electrons. The fourth-order valence-corrected chi connectivity index (χ4v) is 2.95. The molecule has 0 saturated carbocycles. The van der Waals surface area contributed by atoms with Gasteiger partial charge in [-0.05, 0) is 48.6 Å². The number of allylic oxidation sites excluding steroid dienone is 1. The van der Waals surface area contributed by atoms with Gasteiger partial charge in [0, 0.05) is 5.57 Å². The Morgan fingerprint density at radius 3 is 2.62 bits per heavy atom. The number of carboxylic acid groups (broad SMARTS) is 1. The molecule has 0 fully saturated rings. The molecule has 4 heteroatoms. The number of carboxylic acids is 1. The number of benzene rings is 2. The quantitative estimate of drug-likeness (QED) is 0.643. The van der Waals surface area contributed by atoms with E-state index in [4.69, 9.17) is 9.47 Å². The lowest BCUT2D eigenvalue weighted by molar-refractivity contribution is -0.136. The van der Waals surface area contributed by atoms with Gasteiger partial charge in [0.15, 0.2) is 0 Å². The maximum atomic E-state index is 11.4. The summed E-state index contributed by atoms with van der Waals surface area (Å²) >= 11 is 0. The third-order valence-electron chi connectivity index (χ3n) is 4.05. The summed E-state index contributed by atoms with van der Waals surface area (Å²) in [6.07, 6.45) is 1.48. The topological polar surface area (TPSA) is 55.8 Å². The van der Waals surface area contributed by atoms with Crippen molar-refractivity contribution in [2.75, 3.05) is 6.61 Å². The van der Waals surface area contributed by atoms with Gasteiger partial charge in [-0.3, -0.25) is 0 Å². The van der Waals surface area contributed by atoms with E-state index in [9.17, 15) is 9.90 Å². The van der Waals surface area contributed by atoms with Crippen molar-refractivity contribution >= 4 is 11.5 Å². The fraction of sp³-hybridized carbons (Fsp3) is 0.250. The Kier molecular flexibility index (Phi) is 4.85. The largest absolute Gasteiger partial charge is 0.489 e. The summed E-state index contributed by atoms with van der Waals surface area (Å²) in [6.45, 7) is 2.65. The molecule has 0 amide bonds. The van der Waals surface area contributed by atoms with E-state index in [1.807, 2.05) is 48.5 Å². The smallest absolute Gasteiger partial charge is 0.371 e. The molecule has 0 atom stereocenters. The highest BCUT2D eigenvalue weighted by Gasteiger charge is 2.24. The van der Waals surface area contributed by atoms with Crippen molar-refractivity contribution in [3.63, 3.8) is 0 Å². The van der Waals surface area contributed by atoms with Gasteiger partial charge in [-0.2, -0.15) is 0 Å². The van der Waals surface area contributed by atoms with Gasteiger partial charge in [-0.15, -0.1) is 0 Å². The number of aliphatic carboxylic acids is 1. The number of aryl methyl sites for hydroxylation is 1. The molecular weight excluding hydrogens is 304 g/mol. The van der Waals surface area contributed by atoms with Crippen LogP contribution < -0.4 is 4.74 Å². The van der Waals surface area contributed by atoms with Crippen LogP contribution in [0.2, 0.25) is 0 Å². The predicted octanol–water partition coefficient (Wildman–Crippen LogP) is 4.04. The van der Waals surface area contributed by atoms with Crippen molar-refractivity contribution in [1.29, 1.82) is 0 Å². The highest BCUT2D eigenvalue weighted by atomic mass is 16.5. The number of hydrogen-bond donors (Lipinski definition) is 1. The first kappa shape index (κ1) is 16.1. The average Bonchev–Trinajstić information content (AvgIpc) is 3.01. The first-order valence-electron chi connectivity index (χ1n) is 8.08. The number of fused-ring (bicyclic) bond motifs is 1. The zero-order chi connectivity index (χ0) is 16.9. The van der Waals surface area contributed by atoms with E-state index < -0.39 is 5.97 Å². The monoisotopic (exact) mass is 324 g/mol. The summed E-state index contributed by atoms with van der Waals surface area (Å²) in [5.41, 5.74) is 3.94. The van der Waals surface area contributed by atoms with Crippen molar-refractivity contribution in [3.8, 4) is 5.75 Å². The molecule has 1 N–H and O–H groups in total. The van der Waals surface area contributed by atoms with Crippen molar-refractivity contribution in [1.82, 2.24) is 0 Å². The van der Waals surface area contributed by atoms with Crippen LogP contribution in [-0.2, 0) is 22.6 Å². The third kappa shape index (κ3) is 3.43. The minimum absolute atomic E-state index is 0.0641. The molecule has 1 aliphatic carbocycles. The van der Waals surface area contributed by atoms with Gasteiger partial charge < -0.3 is 14.6 Å².